The van der Waals surface area contributed by atoms with Gasteiger partial charge in [-0.1, -0.05) is 60.2 Å². The molecule has 0 amide bonds. The van der Waals surface area contributed by atoms with E-state index in [0.717, 1.165) is 22.5 Å². The van der Waals surface area contributed by atoms with E-state index in [1.807, 2.05) is 67.6 Å². The highest BCUT2D eigenvalue weighted by Gasteiger charge is 2.13. The van der Waals surface area contributed by atoms with Crippen LogP contribution >= 0.6 is 0 Å². The largest absolute Gasteiger partial charge is 0.273 e. The van der Waals surface area contributed by atoms with E-state index in [0.29, 0.717) is 0 Å². The fraction of sp³-hybridized carbons (Fsp3) is 0.111. The first-order valence-electron chi connectivity index (χ1n) is 6.88. The van der Waals surface area contributed by atoms with Crippen molar-refractivity contribution in [2.24, 2.45) is 0 Å². The van der Waals surface area contributed by atoms with Gasteiger partial charge in [-0.15, -0.1) is 0 Å². The average molecular weight is 276 g/mol. The summed E-state index contributed by atoms with van der Waals surface area (Å²) in [6.07, 6.45) is 0. The molecule has 0 saturated carbocycles. The smallest absolute Gasteiger partial charge is 0.244 e. The van der Waals surface area contributed by atoms with E-state index in [9.17, 15) is 4.79 Å². The Morgan fingerprint density at radius 1 is 0.952 bits per heavy atom. The number of rotatable bonds is 2. The average Bonchev–Trinajstić information content (AvgIpc) is 2.94. The topological polar surface area (TPSA) is 34.9 Å². The molecule has 0 aliphatic heterocycles. The van der Waals surface area contributed by atoms with Crippen molar-refractivity contribution < 1.29 is 4.79 Å². The maximum absolute atomic E-state index is 11.9. The fourth-order valence-electron chi connectivity index (χ4n) is 2.30. The van der Waals surface area contributed by atoms with Crippen LogP contribution in [0.1, 0.15) is 17.3 Å². The summed E-state index contributed by atoms with van der Waals surface area (Å²) >= 11 is 0. The summed E-state index contributed by atoms with van der Waals surface area (Å²) in [7, 11) is 0. The molecular formula is C18H16N2O. The van der Waals surface area contributed by atoms with Gasteiger partial charge in [0.1, 0.15) is 0 Å². The van der Waals surface area contributed by atoms with Crippen molar-refractivity contribution in [2.45, 2.75) is 13.8 Å². The van der Waals surface area contributed by atoms with Crippen molar-refractivity contribution in [3.63, 3.8) is 0 Å². The zero-order chi connectivity index (χ0) is 14.8. The second-order valence-corrected chi connectivity index (χ2v) is 5.08. The van der Waals surface area contributed by atoms with Gasteiger partial charge in [-0.2, -0.15) is 9.78 Å². The summed E-state index contributed by atoms with van der Waals surface area (Å²) in [6, 6.07) is 19.9. The van der Waals surface area contributed by atoms with Crippen molar-refractivity contribution in [1.82, 2.24) is 9.78 Å². The van der Waals surface area contributed by atoms with Crippen molar-refractivity contribution >= 4 is 5.91 Å². The number of hydrogen-bond donors (Lipinski definition) is 0. The molecule has 3 heteroatoms. The van der Waals surface area contributed by atoms with Crippen LogP contribution in [0, 0.1) is 6.92 Å². The summed E-state index contributed by atoms with van der Waals surface area (Å²) in [5, 5.41) is 4.45. The minimum Gasteiger partial charge on any atom is -0.273 e. The van der Waals surface area contributed by atoms with Gasteiger partial charge in [0.15, 0.2) is 0 Å². The third-order valence-electron chi connectivity index (χ3n) is 3.42. The van der Waals surface area contributed by atoms with Gasteiger partial charge in [0.05, 0.1) is 11.4 Å². The molecule has 0 bridgehead atoms. The Morgan fingerprint density at radius 3 is 2.24 bits per heavy atom. The SMILES string of the molecule is CC(=O)n1nc(-c2ccccc2)cc1-c1ccc(C)cc1. The number of carbonyl (C=O) groups is 1. The van der Waals surface area contributed by atoms with Crippen molar-refractivity contribution in [3.8, 4) is 22.5 Å². The maximum Gasteiger partial charge on any atom is 0.244 e. The molecule has 3 nitrogen and oxygen atoms in total. The number of benzene rings is 2. The molecule has 0 unspecified atom stereocenters. The summed E-state index contributed by atoms with van der Waals surface area (Å²) in [6.45, 7) is 3.57. The molecule has 1 heterocycles. The van der Waals surface area contributed by atoms with E-state index in [-0.39, 0.29) is 5.91 Å². The van der Waals surface area contributed by atoms with Crippen molar-refractivity contribution in [3.05, 3.63) is 66.2 Å². The zero-order valence-electron chi connectivity index (χ0n) is 12.1. The molecule has 0 saturated heterocycles. The molecule has 0 spiro atoms. The highest BCUT2D eigenvalue weighted by Crippen LogP contribution is 2.26. The Labute approximate surface area is 123 Å². The summed E-state index contributed by atoms with van der Waals surface area (Å²) in [5.74, 6) is -0.0900. The molecule has 0 atom stereocenters. The fourth-order valence-corrected chi connectivity index (χ4v) is 2.30. The number of hydrogen-bond acceptors (Lipinski definition) is 2. The standard InChI is InChI=1S/C18H16N2O/c1-13-8-10-16(11-9-13)18-12-17(19-20(18)14(2)21)15-6-4-3-5-7-15/h3-12H,1-2H3. The number of carbonyl (C=O) groups excluding carboxylic acids is 1. The summed E-state index contributed by atoms with van der Waals surface area (Å²) < 4.78 is 1.47. The molecular weight excluding hydrogens is 260 g/mol. The van der Waals surface area contributed by atoms with Crippen molar-refractivity contribution in [1.29, 1.82) is 0 Å². The van der Waals surface area contributed by atoms with Gasteiger partial charge in [0.2, 0.25) is 5.91 Å². The van der Waals surface area contributed by atoms with Crippen LogP contribution < -0.4 is 0 Å². The van der Waals surface area contributed by atoms with Crippen LogP contribution in [0.2, 0.25) is 0 Å². The molecule has 0 aliphatic rings. The van der Waals surface area contributed by atoms with Gasteiger partial charge in [-0.25, -0.2) is 0 Å². The Balaban J connectivity index is 2.14. The number of aromatic nitrogens is 2. The first kappa shape index (κ1) is 13.3. The van der Waals surface area contributed by atoms with Gasteiger partial charge < -0.3 is 0 Å². The van der Waals surface area contributed by atoms with Gasteiger partial charge >= 0.3 is 0 Å². The third-order valence-corrected chi connectivity index (χ3v) is 3.42. The van der Waals surface area contributed by atoms with E-state index in [1.165, 1.54) is 17.2 Å². The minimum absolute atomic E-state index is 0.0900. The van der Waals surface area contributed by atoms with Gasteiger partial charge in [-0.05, 0) is 13.0 Å². The molecule has 3 rings (SSSR count). The van der Waals surface area contributed by atoms with E-state index in [4.69, 9.17) is 0 Å². The van der Waals surface area contributed by atoms with Crippen LogP contribution in [0.3, 0.4) is 0 Å². The van der Waals surface area contributed by atoms with E-state index in [1.54, 1.807) is 0 Å². The lowest BCUT2D eigenvalue weighted by Crippen LogP contribution is -2.09. The normalized spacial score (nSPS) is 10.6. The Bertz CT molecular complexity index is 771. The van der Waals surface area contributed by atoms with Gasteiger partial charge in [0.25, 0.3) is 0 Å². The predicted molar refractivity (Wildman–Crippen MR) is 84.1 cm³/mol. The van der Waals surface area contributed by atoms with E-state index >= 15 is 0 Å². The number of nitrogens with zero attached hydrogens (tertiary/aromatic N) is 2. The maximum atomic E-state index is 11.9. The first-order valence-corrected chi connectivity index (χ1v) is 6.88. The lowest BCUT2D eigenvalue weighted by Gasteiger charge is -2.03. The van der Waals surface area contributed by atoms with Crippen LogP contribution in [0.25, 0.3) is 22.5 Å². The van der Waals surface area contributed by atoms with Crippen LogP contribution in [-0.2, 0) is 0 Å². The first-order chi connectivity index (χ1) is 10.1. The second kappa shape index (κ2) is 5.37. The molecule has 1 aromatic heterocycles. The van der Waals surface area contributed by atoms with Crippen LogP contribution in [0.5, 0.6) is 0 Å². The zero-order valence-corrected chi connectivity index (χ0v) is 12.1. The monoisotopic (exact) mass is 276 g/mol. The molecule has 3 aromatic rings. The van der Waals surface area contributed by atoms with E-state index < -0.39 is 0 Å². The van der Waals surface area contributed by atoms with Crippen LogP contribution in [-0.4, -0.2) is 15.7 Å². The predicted octanol–water partition coefficient (Wildman–Crippen LogP) is 4.19. The highest BCUT2D eigenvalue weighted by molar-refractivity contribution is 5.83. The molecule has 0 fully saturated rings. The summed E-state index contributed by atoms with van der Waals surface area (Å²) in [4.78, 5) is 11.9. The lowest BCUT2D eigenvalue weighted by molar-refractivity contribution is 0.0923. The third kappa shape index (κ3) is 2.63. The van der Waals surface area contributed by atoms with Gasteiger partial charge in [0, 0.05) is 18.1 Å². The van der Waals surface area contributed by atoms with Crippen LogP contribution in [0.4, 0.5) is 0 Å². The lowest BCUT2D eigenvalue weighted by atomic mass is 10.1. The van der Waals surface area contributed by atoms with Gasteiger partial charge in [-0.3, -0.25) is 4.79 Å². The Hall–Kier alpha value is -2.68. The second-order valence-electron chi connectivity index (χ2n) is 5.08. The molecule has 21 heavy (non-hydrogen) atoms. The quantitative estimate of drug-likeness (QED) is 0.703. The minimum atomic E-state index is -0.0900. The number of aryl methyl sites for hydroxylation is 1. The molecule has 0 N–H and O–H groups in total. The Morgan fingerprint density at radius 2 is 1.62 bits per heavy atom. The van der Waals surface area contributed by atoms with Crippen LogP contribution in [0.15, 0.2) is 60.7 Å². The summed E-state index contributed by atoms with van der Waals surface area (Å²) in [5.41, 5.74) is 4.81. The molecule has 2 aromatic carbocycles. The Kier molecular flexibility index (Phi) is 3.40. The van der Waals surface area contributed by atoms with Crippen molar-refractivity contribution in [2.75, 3.05) is 0 Å². The molecule has 0 aliphatic carbocycles. The highest BCUT2D eigenvalue weighted by atomic mass is 16.2. The molecule has 0 radical (unpaired) electrons. The van der Waals surface area contributed by atoms with E-state index in [2.05, 4.69) is 5.10 Å². The molecule has 104 valence electrons.